The third kappa shape index (κ3) is 3.19. The van der Waals surface area contributed by atoms with Crippen molar-refractivity contribution in [3.8, 4) is 0 Å². The predicted octanol–water partition coefficient (Wildman–Crippen LogP) is 1.49. The molecule has 0 unspecified atom stereocenters. The molecule has 0 aliphatic carbocycles. The van der Waals surface area contributed by atoms with Crippen LogP contribution in [0.5, 0.6) is 0 Å². The Hall–Kier alpha value is -0.120. The summed E-state index contributed by atoms with van der Waals surface area (Å²) in [6.07, 6.45) is 4.29. The third-order valence-corrected chi connectivity index (χ3v) is 4.20. The Morgan fingerprint density at radius 1 is 1.31 bits per heavy atom. The summed E-state index contributed by atoms with van der Waals surface area (Å²) in [5, 5.41) is 3.56. The molecule has 16 heavy (non-hydrogen) atoms. The fourth-order valence-corrected chi connectivity index (χ4v) is 2.75. The first kappa shape index (κ1) is 12.3. The van der Waals surface area contributed by atoms with Gasteiger partial charge in [-0.1, -0.05) is 13.8 Å². The largest absolute Gasteiger partial charge is 0.380 e. The minimum atomic E-state index is 0.436. The SMILES string of the molecule is CO[C@@H]1CN[C@H](CN2CCC(C)(C)CC2)C1. The molecule has 0 aromatic rings. The monoisotopic (exact) mass is 226 g/mol. The number of nitrogens with one attached hydrogen (secondary N) is 1. The highest BCUT2D eigenvalue weighted by atomic mass is 16.5. The van der Waals surface area contributed by atoms with Crippen LogP contribution in [0.3, 0.4) is 0 Å². The van der Waals surface area contributed by atoms with Crippen molar-refractivity contribution in [3.05, 3.63) is 0 Å². The van der Waals surface area contributed by atoms with E-state index in [1.807, 2.05) is 7.11 Å². The second kappa shape index (κ2) is 5.03. The number of rotatable bonds is 3. The molecular formula is C13H26N2O. The lowest BCUT2D eigenvalue weighted by Gasteiger charge is -2.38. The van der Waals surface area contributed by atoms with Crippen LogP contribution >= 0.6 is 0 Å². The van der Waals surface area contributed by atoms with Gasteiger partial charge in [-0.25, -0.2) is 0 Å². The van der Waals surface area contributed by atoms with Gasteiger partial charge in [0.1, 0.15) is 0 Å². The summed E-state index contributed by atoms with van der Waals surface area (Å²) in [7, 11) is 1.82. The third-order valence-electron chi connectivity index (χ3n) is 4.20. The second-order valence-corrected chi connectivity index (χ2v) is 6.16. The average Bonchev–Trinajstić information content (AvgIpc) is 2.69. The molecule has 94 valence electrons. The van der Waals surface area contributed by atoms with Crippen molar-refractivity contribution in [2.45, 2.75) is 45.3 Å². The molecule has 3 nitrogen and oxygen atoms in total. The van der Waals surface area contributed by atoms with Gasteiger partial charge >= 0.3 is 0 Å². The molecule has 2 heterocycles. The number of hydrogen-bond acceptors (Lipinski definition) is 3. The van der Waals surface area contributed by atoms with Gasteiger partial charge in [0.05, 0.1) is 6.10 Å². The smallest absolute Gasteiger partial charge is 0.0711 e. The fourth-order valence-electron chi connectivity index (χ4n) is 2.75. The summed E-state index contributed by atoms with van der Waals surface area (Å²) in [4.78, 5) is 2.61. The zero-order valence-electron chi connectivity index (χ0n) is 11.0. The van der Waals surface area contributed by atoms with Gasteiger partial charge in [0.2, 0.25) is 0 Å². The molecule has 0 aromatic carbocycles. The molecule has 0 aromatic heterocycles. The molecule has 1 N–H and O–H groups in total. The zero-order chi connectivity index (χ0) is 11.6. The van der Waals surface area contributed by atoms with Crippen molar-refractivity contribution in [1.82, 2.24) is 10.2 Å². The maximum atomic E-state index is 5.38. The molecule has 2 atom stereocenters. The maximum Gasteiger partial charge on any atom is 0.0711 e. The Kier molecular flexibility index (Phi) is 3.88. The molecule has 0 amide bonds. The van der Waals surface area contributed by atoms with Crippen LogP contribution in [0.25, 0.3) is 0 Å². The van der Waals surface area contributed by atoms with Crippen molar-refractivity contribution in [2.75, 3.05) is 33.3 Å². The Morgan fingerprint density at radius 3 is 2.56 bits per heavy atom. The molecule has 2 aliphatic heterocycles. The highest BCUT2D eigenvalue weighted by Crippen LogP contribution is 2.29. The molecule has 0 spiro atoms. The summed E-state index contributed by atoms with van der Waals surface area (Å²) < 4.78 is 5.38. The van der Waals surface area contributed by atoms with Crippen molar-refractivity contribution < 1.29 is 4.74 Å². The first-order chi connectivity index (χ1) is 7.59. The molecule has 3 heteroatoms. The number of hydrogen-bond donors (Lipinski definition) is 1. The molecule has 0 bridgehead atoms. The van der Waals surface area contributed by atoms with Crippen LogP contribution in [0, 0.1) is 5.41 Å². The fraction of sp³-hybridized carbons (Fsp3) is 1.00. The lowest BCUT2D eigenvalue weighted by Crippen LogP contribution is -2.43. The van der Waals surface area contributed by atoms with Crippen LogP contribution in [0.4, 0.5) is 0 Å². The van der Waals surface area contributed by atoms with Gasteiger partial charge in [-0.2, -0.15) is 0 Å². The standard InChI is InChI=1S/C13H26N2O/c1-13(2)4-6-15(7-5-13)10-11-8-12(16-3)9-14-11/h11-12,14H,4-10H2,1-3H3/t11-,12-/m0/s1. The average molecular weight is 226 g/mol. The van der Waals surface area contributed by atoms with Crippen LogP contribution in [-0.2, 0) is 4.74 Å². The lowest BCUT2D eigenvalue weighted by atomic mass is 9.82. The Morgan fingerprint density at radius 2 is 2.00 bits per heavy atom. The minimum absolute atomic E-state index is 0.436. The maximum absolute atomic E-state index is 5.38. The predicted molar refractivity (Wildman–Crippen MR) is 66.7 cm³/mol. The molecule has 2 saturated heterocycles. The lowest BCUT2D eigenvalue weighted by molar-refractivity contribution is 0.107. The number of piperidine rings is 1. The zero-order valence-corrected chi connectivity index (χ0v) is 11.0. The van der Waals surface area contributed by atoms with Gasteiger partial charge in [-0.15, -0.1) is 0 Å². The van der Waals surface area contributed by atoms with E-state index in [1.165, 1.54) is 38.9 Å². The molecule has 2 aliphatic rings. The number of methoxy groups -OCH3 is 1. The van der Waals surface area contributed by atoms with Gasteiger partial charge in [0, 0.05) is 26.2 Å². The second-order valence-electron chi connectivity index (χ2n) is 6.16. The van der Waals surface area contributed by atoms with E-state index < -0.39 is 0 Å². The normalized spacial score (nSPS) is 35.4. The van der Waals surface area contributed by atoms with E-state index in [9.17, 15) is 0 Å². The highest BCUT2D eigenvalue weighted by molar-refractivity contribution is 4.87. The number of likely N-dealkylation sites (tertiary alicyclic amines) is 1. The first-order valence-corrected chi connectivity index (χ1v) is 6.57. The van der Waals surface area contributed by atoms with E-state index in [-0.39, 0.29) is 0 Å². The minimum Gasteiger partial charge on any atom is -0.380 e. The van der Waals surface area contributed by atoms with E-state index in [1.54, 1.807) is 0 Å². The van der Waals surface area contributed by atoms with Gasteiger partial charge in [-0.05, 0) is 37.8 Å². The van der Waals surface area contributed by atoms with Gasteiger partial charge < -0.3 is 15.0 Å². The van der Waals surface area contributed by atoms with E-state index in [0.29, 0.717) is 17.6 Å². The van der Waals surface area contributed by atoms with Crippen LogP contribution < -0.4 is 5.32 Å². The summed E-state index contributed by atoms with van der Waals surface area (Å²) in [6, 6.07) is 0.645. The van der Waals surface area contributed by atoms with Crippen molar-refractivity contribution in [2.24, 2.45) is 5.41 Å². The van der Waals surface area contributed by atoms with Crippen LogP contribution in [0.2, 0.25) is 0 Å². The summed E-state index contributed by atoms with van der Waals surface area (Å²) in [5.41, 5.74) is 0.564. The quantitative estimate of drug-likeness (QED) is 0.789. The molecule has 0 saturated carbocycles. The molecule has 2 rings (SSSR count). The van der Waals surface area contributed by atoms with Crippen molar-refractivity contribution in [3.63, 3.8) is 0 Å². The molecule has 2 fully saturated rings. The number of ether oxygens (including phenoxy) is 1. The molecular weight excluding hydrogens is 200 g/mol. The van der Waals surface area contributed by atoms with E-state index in [2.05, 4.69) is 24.1 Å². The summed E-state index contributed by atoms with van der Waals surface area (Å²) in [6.45, 7) is 9.54. The van der Waals surface area contributed by atoms with Gasteiger partial charge in [0.15, 0.2) is 0 Å². The van der Waals surface area contributed by atoms with Gasteiger partial charge in [-0.3, -0.25) is 0 Å². The Balaban J connectivity index is 1.71. The Labute approximate surface area is 99.5 Å². The van der Waals surface area contributed by atoms with Crippen molar-refractivity contribution in [1.29, 1.82) is 0 Å². The number of nitrogens with zero attached hydrogens (tertiary/aromatic N) is 1. The van der Waals surface area contributed by atoms with Gasteiger partial charge in [0.25, 0.3) is 0 Å². The van der Waals surface area contributed by atoms with Crippen LogP contribution in [0.15, 0.2) is 0 Å². The highest BCUT2D eigenvalue weighted by Gasteiger charge is 2.29. The van der Waals surface area contributed by atoms with E-state index >= 15 is 0 Å². The Bertz CT molecular complexity index is 220. The summed E-state index contributed by atoms with van der Waals surface area (Å²) >= 11 is 0. The van der Waals surface area contributed by atoms with E-state index in [0.717, 1.165) is 6.54 Å². The van der Waals surface area contributed by atoms with Crippen LogP contribution in [0.1, 0.15) is 33.1 Å². The molecule has 0 radical (unpaired) electrons. The summed E-state index contributed by atoms with van der Waals surface area (Å²) in [5.74, 6) is 0. The van der Waals surface area contributed by atoms with Crippen molar-refractivity contribution >= 4 is 0 Å². The van der Waals surface area contributed by atoms with Crippen LogP contribution in [-0.4, -0.2) is 50.3 Å². The topological polar surface area (TPSA) is 24.5 Å². The van der Waals surface area contributed by atoms with E-state index in [4.69, 9.17) is 4.74 Å². The first-order valence-electron chi connectivity index (χ1n) is 6.57.